The monoisotopic (exact) mass is 430 g/mol. The Bertz CT molecular complexity index is 1080. The van der Waals surface area contributed by atoms with E-state index in [0.29, 0.717) is 23.4 Å². The Morgan fingerprint density at radius 3 is 2.31 bits per heavy atom. The van der Waals surface area contributed by atoms with Crippen LogP contribution >= 0.6 is 0 Å². The van der Waals surface area contributed by atoms with Crippen LogP contribution in [0.15, 0.2) is 72.8 Å². The molecular formula is C27H30N2O3. The van der Waals surface area contributed by atoms with E-state index in [4.69, 9.17) is 4.74 Å². The molecule has 0 aromatic heterocycles. The Morgan fingerprint density at radius 2 is 1.59 bits per heavy atom. The number of carbonyl (C=O) groups excluding carboxylic acids is 2. The fourth-order valence-electron chi connectivity index (χ4n) is 3.43. The van der Waals surface area contributed by atoms with E-state index in [0.717, 1.165) is 16.7 Å². The van der Waals surface area contributed by atoms with Crippen LogP contribution in [0, 0.1) is 13.8 Å². The van der Waals surface area contributed by atoms with Gasteiger partial charge in [0, 0.05) is 0 Å². The first kappa shape index (κ1) is 23.1. The summed E-state index contributed by atoms with van der Waals surface area (Å²) in [6, 6.07) is 22.4. The molecule has 0 saturated heterocycles. The first-order chi connectivity index (χ1) is 15.4. The second kappa shape index (κ2) is 10.6. The van der Waals surface area contributed by atoms with Gasteiger partial charge in [-0.2, -0.15) is 0 Å². The van der Waals surface area contributed by atoms with Gasteiger partial charge in [-0.15, -0.1) is 0 Å². The Kier molecular flexibility index (Phi) is 7.66. The molecule has 0 fully saturated rings. The van der Waals surface area contributed by atoms with Crippen molar-refractivity contribution in [3.63, 3.8) is 0 Å². The Balaban J connectivity index is 1.73. The van der Waals surface area contributed by atoms with E-state index in [1.807, 2.05) is 76.2 Å². The zero-order valence-corrected chi connectivity index (χ0v) is 19.0. The van der Waals surface area contributed by atoms with E-state index < -0.39 is 6.10 Å². The Hall–Kier alpha value is -3.60. The molecule has 0 spiro atoms. The third kappa shape index (κ3) is 5.55. The highest BCUT2D eigenvalue weighted by Crippen LogP contribution is 2.24. The quantitative estimate of drug-likeness (QED) is 0.489. The van der Waals surface area contributed by atoms with Crippen molar-refractivity contribution < 1.29 is 14.3 Å². The van der Waals surface area contributed by atoms with Crippen molar-refractivity contribution in [2.75, 3.05) is 5.32 Å². The summed E-state index contributed by atoms with van der Waals surface area (Å²) in [5, 5.41) is 5.89. The predicted molar refractivity (Wildman–Crippen MR) is 128 cm³/mol. The fraction of sp³-hybridized carbons (Fsp3) is 0.259. The number of hydrogen-bond acceptors (Lipinski definition) is 3. The van der Waals surface area contributed by atoms with Gasteiger partial charge in [0.1, 0.15) is 5.75 Å². The number of anilines is 1. The lowest BCUT2D eigenvalue weighted by atomic mass is 10.1. The van der Waals surface area contributed by atoms with Crippen molar-refractivity contribution in [1.29, 1.82) is 0 Å². The van der Waals surface area contributed by atoms with Gasteiger partial charge in [0.15, 0.2) is 6.10 Å². The van der Waals surface area contributed by atoms with E-state index in [9.17, 15) is 9.59 Å². The summed E-state index contributed by atoms with van der Waals surface area (Å²) in [6.45, 7) is 7.81. The maximum absolute atomic E-state index is 13.0. The van der Waals surface area contributed by atoms with Gasteiger partial charge in [-0.05, 0) is 62.1 Å². The molecule has 0 unspecified atom stereocenters. The molecule has 0 radical (unpaired) electrons. The summed E-state index contributed by atoms with van der Waals surface area (Å²) >= 11 is 0. The van der Waals surface area contributed by atoms with Crippen LogP contribution in [0.25, 0.3) is 0 Å². The minimum atomic E-state index is -0.671. The number of ether oxygens (including phenoxy) is 1. The molecule has 3 aromatic rings. The fourth-order valence-corrected chi connectivity index (χ4v) is 3.43. The molecule has 2 atom stereocenters. The summed E-state index contributed by atoms with van der Waals surface area (Å²) < 4.78 is 6.02. The number of para-hydroxylation sites is 1. The van der Waals surface area contributed by atoms with Gasteiger partial charge in [0.2, 0.25) is 0 Å². The third-order valence-electron chi connectivity index (χ3n) is 5.56. The zero-order valence-electron chi connectivity index (χ0n) is 19.0. The molecule has 0 bridgehead atoms. The van der Waals surface area contributed by atoms with Gasteiger partial charge < -0.3 is 15.4 Å². The van der Waals surface area contributed by atoms with Crippen molar-refractivity contribution in [1.82, 2.24) is 5.32 Å². The van der Waals surface area contributed by atoms with E-state index >= 15 is 0 Å². The molecule has 3 rings (SSSR count). The number of nitrogens with one attached hydrogen (secondary N) is 2. The first-order valence-corrected chi connectivity index (χ1v) is 10.9. The summed E-state index contributed by atoms with van der Waals surface area (Å²) in [4.78, 5) is 25.9. The highest BCUT2D eigenvalue weighted by Gasteiger charge is 2.22. The van der Waals surface area contributed by atoms with Crippen LogP contribution in [0.5, 0.6) is 5.75 Å². The average Bonchev–Trinajstić information content (AvgIpc) is 2.80. The van der Waals surface area contributed by atoms with Crippen molar-refractivity contribution in [2.24, 2.45) is 0 Å². The zero-order chi connectivity index (χ0) is 23.1. The number of rotatable bonds is 8. The molecule has 166 valence electrons. The number of aryl methyl sites for hydroxylation is 1. The first-order valence-electron chi connectivity index (χ1n) is 10.9. The standard InChI is InChI=1S/C27H30N2O3/c1-5-24(32-25-17-11-12-18(2)19(25)3)27(31)29-23-16-10-9-15-22(23)26(30)28-20(4)21-13-7-6-8-14-21/h6-17,20,24H,5H2,1-4H3,(H,28,30)(H,29,31)/t20-,24-/m0/s1. The Morgan fingerprint density at radius 1 is 0.906 bits per heavy atom. The van der Waals surface area contributed by atoms with Crippen LogP contribution in [0.2, 0.25) is 0 Å². The van der Waals surface area contributed by atoms with E-state index in [2.05, 4.69) is 10.6 Å². The topological polar surface area (TPSA) is 67.4 Å². The van der Waals surface area contributed by atoms with Crippen LogP contribution in [0.1, 0.15) is 53.4 Å². The van der Waals surface area contributed by atoms with Crippen LogP contribution in [0.3, 0.4) is 0 Å². The van der Waals surface area contributed by atoms with Gasteiger partial charge in [0.05, 0.1) is 17.3 Å². The highest BCUT2D eigenvalue weighted by molar-refractivity contribution is 6.04. The van der Waals surface area contributed by atoms with E-state index in [1.165, 1.54) is 0 Å². The Labute approximate surface area is 189 Å². The second-order valence-electron chi connectivity index (χ2n) is 7.85. The van der Waals surface area contributed by atoms with Crippen molar-refractivity contribution in [3.8, 4) is 5.75 Å². The number of carbonyl (C=O) groups is 2. The molecule has 2 amide bonds. The molecule has 3 aromatic carbocycles. The van der Waals surface area contributed by atoms with Crippen molar-refractivity contribution >= 4 is 17.5 Å². The van der Waals surface area contributed by atoms with Gasteiger partial charge in [0.25, 0.3) is 11.8 Å². The normalized spacial score (nSPS) is 12.5. The van der Waals surface area contributed by atoms with E-state index in [-0.39, 0.29) is 17.9 Å². The van der Waals surface area contributed by atoms with E-state index in [1.54, 1.807) is 24.3 Å². The summed E-state index contributed by atoms with van der Waals surface area (Å²) in [6.07, 6.45) is -0.173. The third-order valence-corrected chi connectivity index (χ3v) is 5.56. The average molecular weight is 431 g/mol. The molecular weight excluding hydrogens is 400 g/mol. The molecule has 5 heteroatoms. The molecule has 0 aliphatic carbocycles. The maximum atomic E-state index is 13.0. The minimum Gasteiger partial charge on any atom is -0.480 e. The second-order valence-corrected chi connectivity index (χ2v) is 7.85. The molecule has 32 heavy (non-hydrogen) atoms. The summed E-state index contributed by atoms with van der Waals surface area (Å²) in [5.74, 6) is 0.153. The lowest BCUT2D eigenvalue weighted by Crippen LogP contribution is -2.34. The molecule has 0 saturated carbocycles. The van der Waals surface area contributed by atoms with Crippen LogP contribution in [0.4, 0.5) is 5.69 Å². The number of amides is 2. The van der Waals surface area contributed by atoms with Crippen LogP contribution in [-0.2, 0) is 4.79 Å². The largest absolute Gasteiger partial charge is 0.480 e. The molecule has 0 aliphatic heterocycles. The smallest absolute Gasteiger partial charge is 0.265 e. The highest BCUT2D eigenvalue weighted by atomic mass is 16.5. The van der Waals surface area contributed by atoms with Crippen LogP contribution < -0.4 is 15.4 Å². The summed E-state index contributed by atoms with van der Waals surface area (Å²) in [7, 11) is 0. The van der Waals surface area contributed by atoms with Gasteiger partial charge in [-0.25, -0.2) is 0 Å². The lowest BCUT2D eigenvalue weighted by Gasteiger charge is -2.20. The van der Waals surface area contributed by atoms with Gasteiger partial charge in [-0.3, -0.25) is 9.59 Å². The molecule has 0 aliphatic rings. The van der Waals surface area contributed by atoms with Crippen LogP contribution in [-0.4, -0.2) is 17.9 Å². The maximum Gasteiger partial charge on any atom is 0.265 e. The molecule has 0 heterocycles. The molecule has 5 nitrogen and oxygen atoms in total. The molecule has 2 N–H and O–H groups in total. The summed E-state index contributed by atoms with van der Waals surface area (Å²) in [5.41, 5.74) is 3.99. The van der Waals surface area contributed by atoms with Crippen molar-refractivity contribution in [3.05, 3.63) is 95.1 Å². The lowest BCUT2D eigenvalue weighted by molar-refractivity contribution is -0.122. The van der Waals surface area contributed by atoms with Gasteiger partial charge >= 0.3 is 0 Å². The minimum absolute atomic E-state index is 0.163. The predicted octanol–water partition coefficient (Wildman–Crippen LogP) is 5.59. The number of hydrogen-bond donors (Lipinski definition) is 2. The van der Waals surface area contributed by atoms with Gasteiger partial charge in [-0.1, -0.05) is 61.5 Å². The van der Waals surface area contributed by atoms with Crippen molar-refractivity contribution in [2.45, 2.75) is 46.3 Å². The SMILES string of the molecule is CC[C@H](Oc1cccc(C)c1C)C(=O)Nc1ccccc1C(=O)N[C@@H](C)c1ccccc1. The number of benzene rings is 3.